The predicted octanol–water partition coefficient (Wildman–Crippen LogP) is 0.921. The number of carbonyl (C=O) groups excluding carboxylic acids is 1. The minimum atomic E-state index is -0.747. The van der Waals surface area contributed by atoms with E-state index in [-0.39, 0.29) is 18.3 Å². The van der Waals surface area contributed by atoms with Crippen LogP contribution in [0.25, 0.3) is 0 Å². The normalized spacial score (nSPS) is 19.0. The van der Waals surface area contributed by atoms with E-state index in [0.29, 0.717) is 26.1 Å². The molecule has 1 aromatic rings. The molecule has 1 atom stereocenters. The average molecular weight is 296 g/mol. The average Bonchev–Trinajstić information content (AvgIpc) is 2.48. The van der Waals surface area contributed by atoms with E-state index in [1.165, 1.54) is 19.2 Å². The van der Waals surface area contributed by atoms with Crippen molar-refractivity contribution in [3.63, 3.8) is 0 Å². The molecule has 1 amide bonds. The number of nitrogens with one attached hydrogen (secondary N) is 1. The maximum atomic E-state index is 13.5. The van der Waals surface area contributed by atoms with E-state index in [1.807, 2.05) is 6.07 Å². The van der Waals surface area contributed by atoms with Crippen LogP contribution < -0.4 is 11.1 Å². The molecule has 0 radical (unpaired) electrons. The van der Waals surface area contributed by atoms with Crippen LogP contribution in [-0.4, -0.2) is 38.9 Å². The molecule has 1 unspecified atom stereocenters. The van der Waals surface area contributed by atoms with Gasteiger partial charge in [0.1, 0.15) is 11.9 Å². The summed E-state index contributed by atoms with van der Waals surface area (Å²) >= 11 is 0. The van der Waals surface area contributed by atoms with E-state index < -0.39 is 11.6 Å². The summed E-state index contributed by atoms with van der Waals surface area (Å²) in [5, 5.41) is 2.97. The fourth-order valence-corrected chi connectivity index (χ4v) is 2.58. The molecule has 116 valence electrons. The number of hydrogen-bond acceptors (Lipinski definition) is 4. The Kier molecular flexibility index (Phi) is 5.27. The number of carbonyl (C=O) groups is 1. The third-order valence-electron chi connectivity index (χ3n) is 3.77. The van der Waals surface area contributed by atoms with Gasteiger partial charge in [-0.1, -0.05) is 12.1 Å². The van der Waals surface area contributed by atoms with Crippen molar-refractivity contribution in [2.75, 3.05) is 26.9 Å². The Bertz CT molecular complexity index is 490. The van der Waals surface area contributed by atoms with Crippen LogP contribution in [0, 0.1) is 5.82 Å². The van der Waals surface area contributed by atoms with Gasteiger partial charge in [0.15, 0.2) is 0 Å². The second-order valence-corrected chi connectivity index (χ2v) is 5.26. The van der Waals surface area contributed by atoms with Gasteiger partial charge in [0.2, 0.25) is 5.91 Å². The summed E-state index contributed by atoms with van der Waals surface area (Å²) < 4.78 is 23.8. The lowest BCUT2D eigenvalue weighted by Gasteiger charge is -2.39. The minimum Gasteiger partial charge on any atom is -0.383 e. The van der Waals surface area contributed by atoms with Crippen LogP contribution in [0.2, 0.25) is 0 Å². The van der Waals surface area contributed by atoms with E-state index in [4.69, 9.17) is 15.2 Å². The molecule has 1 aliphatic rings. The van der Waals surface area contributed by atoms with Crippen LogP contribution in [0.4, 0.5) is 4.39 Å². The third-order valence-corrected chi connectivity index (χ3v) is 3.77. The Hall–Kier alpha value is -1.50. The van der Waals surface area contributed by atoms with Crippen molar-refractivity contribution in [2.45, 2.75) is 24.4 Å². The third kappa shape index (κ3) is 3.78. The van der Waals surface area contributed by atoms with Crippen molar-refractivity contribution in [3.8, 4) is 0 Å². The van der Waals surface area contributed by atoms with E-state index >= 15 is 0 Å². The number of halogens is 1. The van der Waals surface area contributed by atoms with Gasteiger partial charge in [-0.3, -0.25) is 4.79 Å². The molecular formula is C15H21FN2O3. The first-order chi connectivity index (χ1) is 10.1. The Morgan fingerprint density at radius 3 is 2.86 bits per heavy atom. The molecule has 0 spiro atoms. The van der Waals surface area contributed by atoms with Gasteiger partial charge in [-0.15, -0.1) is 0 Å². The van der Waals surface area contributed by atoms with Gasteiger partial charge in [0, 0.05) is 20.3 Å². The highest BCUT2D eigenvalue weighted by Crippen LogP contribution is 2.32. The van der Waals surface area contributed by atoms with Gasteiger partial charge in [0.05, 0.1) is 12.1 Å². The summed E-state index contributed by atoms with van der Waals surface area (Å²) in [4.78, 5) is 12.2. The molecule has 0 saturated carbocycles. The van der Waals surface area contributed by atoms with Crippen LogP contribution in [0.5, 0.6) is 0 Å². The maximum Gasteiger partial charge on any atom is 0.240 e. The molecule has 6 heteroatoms. The second-order valence-electron chi connectivity index (χ2n) is 5.26. The molecule has 5 nitrogen and oxygen atoms in total. The summed E-state index contributed by atoms with van der Waals surface area (Å²) in [5.74, 6) is -0.628. The van der Waals surface area contributed by atoms with Gasteiger partial charge in [-0.2, -0.15) is 0 Å². The summed E-state index contributed by atoms with van der Waals surface area (Å²) in [6.45, 7) is 1.16. The maximum absolute atomic E-state index is 13.5. The van der Waals surface area contributed by atoms with Crippen molar-refractivity contribution in [2.24, 2.45) is 5.73 Å². The molecule has 3 N–H and O–H groups in total. The second kappa shape index (κ2) is 6.98. The zero-order valence-electron chi connectivity index (χ0n) is 12.1. The molecule has 21 heavy (non-hydrogen) atoms. The first-order valence-corrected chi connectivity index (χ1v) is 6.98. The topological polar surface area (TPSA) is 73.6 Å². The molecule has 0 aliphatic carbocycles. The molecule has 0 bridgehead atoms. The SMILES string of the molecule is COCC(N)C(=O)NC1(c2cccc(F)c2)CCOCC1. The standard InChI is InChI=1S/C15H21FN2O3/c1-20-10-13(17)14(19)18-15(5-7-21-8-6-15)11-3-2-4-12(16)9-11/h2-4,9,13H,5-8,10,17H2,1H3,(H,18,19). The minimum absolute atomic E-state index is 0.140. The number of ether oxygens (including phenoxy) is 2. The number of rotatable bonds is 5. The first-order valence-electron chi connectivity index (χ1n) is 6.98. The predicted molar refractivity (Wildman–Crippen MR) is 76.1 cm³/mol. The number of hydrogen-bond donors (Lipinski definition) is 2. The van der Waals surface area contributed by atoms with E-state index in [1.54, 1.807) is 6.07 Å². The van der Waals surface area contributed by atoms with Crippen LogP contribution >= 0.6 is 0 Å². The molecular weight excluding hydrogens is 275 g/mol. The highest BCUT2D eigenvalue weighted by atomic mass is 19.1. The molecule has 1 aliphatic heterocycles. The van der Waals surface area contributed by atoms with Gasteiger partial charge >= 0.3 is 0 Å². The van der Waals surface area contributed by atoms with E-state index in [0.717, 1.165) is 5.56 Å². The monoisotopic (exact) mass is 296 g/mol. The van der Waals surface area contributed by atoms with E-state index in [2.05, 4.69) is 5.32 Å². The fraction of sp³-hybridized carbons (Fsp3) is 0.533. The lowest BCUT2D eigenvalue weighted by molar-refractivity contribution is -0.127. The van der Waals surface area contributed by atoms with Crippen LogP contribution in [0.15, 0.2) is 24.3 Å². The van der Waals surface area contributed by atoms with Gasteiger partial charge in [-0.25, -0.2) is 4.39 Å². The number of benzene rings is 1. The smallest absolute Gasteiger partial charge is 0.240 e. The largest absolute Gasteiger partial charge is 0.383 e. The molecule has 1 aromatic carbocycles. The lowest BCUT2D eigenvalue weighted by atomic mass is 9.82. The number of methoxy groups -OCH3 is 1. The molecule has 1 heterocycles. The summed E-state index contributed by atoms with van der Waals surface area (Å²) in [7, 11) is 1.49. The molecule has 1 fully saturated rings. The fourth-order valence-electron chi connectivity index (χ4n) is 2.58. The Morgan fingerprint density at radius 2 is 2.24 bits per heavy atom. The summed E-state index contributed by atoms with van der Waals surface area (Å²) in [6, 6.07) is 5.55. The Balaban J connectivity index is 2.23. The van der Waals surface area contributed by atoms with Crippen LogP contribution in [0.3, 0.4) is 0 Å². The molecule has 0 aromatic heterocycles. The van der Waals surface area contributed by atoms with Crippen molar-refractivity contribution >= 4 is 5.91 Å². The quantitative estimate of drug-likeness (QED) is 0.847. The van der Waals surface area contributed by atoms with Gasteiger partial charge in [0.25, 0.3) is 0 Å². The van der Waals surface area contributed by atoms with Crippen molar-refractivity contribution < 1.29 is 18.7 Å². The van der Waals surface area contributed by atoms with Crippen LogP contribution in [0.1, 0.15) is 18.4 Å². The van der Waals surface area contributed by atoms with E-state index in [9.17, 15) is 9.18 Å². The highest BCUT2D eigenvalue weighted by Gasteiger charge is 2.37. The summed E-state index contributed by atoms with van der Waals surface area (Å²) in [5.41, 5.74) is 5.87. The highest BCUT2D eigenvalue weighted by molar-refractivity contribution is 5.82. The zero-order valence-corrected chi connectivity index (χ0v) is 12.1. The molecule has 1 saturated heterocycles. The summed E-state index contributed by atoms with van der Waals surface area (Å²) in [6.07, 6.45) is 1.17. The first kappa shape index (κ1) is 15.9. The Morgan fingerprint density at radius 1 is 1.52 bits per heavy atom. The lowest BCUT2D eigenvalue weighted by Crippen LogP contribution is -2.55. The van der Waals surface area contributed by atoms with Crippen molar-refractivity contribution in [3.05, 3.63) is 35.6 Å². The zero-order chi connectivity index (χ0) is 15.3. The van der Waals surface area contributed by atoms with Crippen molar-refractivity contribution in [1.29, 1.82) is 0 Å². The van der Waals surface area contributed by atoms with Gasteiger partial charge in [-0.05, 0) is 30.5 Å². The number of amides is 1. The Labute approximate surface area is 123 Å². The number of nitrogens with two attached hydrogens (primary N) is 1. The van der Waals surface area contributed by atoms with Crippen molar-refractivity contribution in [1.82, 2.24) is 5.32 Å². The van der Waals surface area contributed by atoms with Gasteiger partial charge < -0.3 is 20.5 Å². The van der Waals surface area contributed by atoms with Crippen LogP contribution in [-0.2, 0) is 19.8 Å². The molecule has 2 rings (SSSR count).